The first-order chi connectivity index (χ1) is 9.19. The van der Waals surface area contributed by atoms with E-state index in [4.69, 9.17) is 0 Å². The average Bonchev–Trinajstić information content (AvgIpc) is 2.41. The van der Waals surface area contributed by atoms with Gasteiger partial charge < -0.3 is 10.4 Å². The average molecular weight is 261 g/mol. The van der Waals surface area contributed by atoms with Crippen molar-refractivity contribution in [3.63, 3.8) is 0 Å². The van der Waals surface area contributed by atoms with Crippen LogP contribution in [0.25, 0.3) is 0 Å². The van der Waals surface area contributed by atoms with Crippen molar-refractivity contribution in [2.75, 3.05) is 6.54 Å². The summed E-state index contributed by atoms with van der Waals surface area (Å²) in [6.07, 6.45) is 5.44. The van der Waals surface area contributed by atoms with Gasteiger partial charge in [-0.25, -0.2) is 0 Å². The molecule has 0 spiro atoms. The fraction of sp³-hybridized carbons (Fsp3) is 0.647. The van der Waals surface area contributed by atoms with Crippen LogP contribution in [0.1, 0.15) is 56.2 Å². The van der Waals surface area contributed by atoms with Crippen molar-refractivity contribution in [1.82, 2.24) is 5.32 Å². The molecule has 1 fully saturated rings. The zero-order valence-corrected chi connectivity index (χ0v) is 12.2. The van der Waals surface area contributed by atoms with Gasteiger partial charge in [0.25, 0.3) is 0 Å². The molecule has 3 unspecified atom stereocenters. The molecule has 0 heterocycles. The summed E-state index contributed by atoms with van der Waals surface area (Å²) in [7, 11) is 0. The van der Waals surface area contributed by atoms with Gasteiger partial charge in [-0.1, -0.05) is 43.2 Å². The molecule has 0 aromatic heterocycles. The zero-order valence-electron chi connectivity index (χ0n) is 12.2. The minimum atomic E-state index is -0.0694. The summed E-state index contributed by atoms with van der Waals surface area (Å²) in [5.41, 5.74) is 2.69. The summed E-state index contributed by atoms with van der Waals surface area (Å²) in [5.74, 6) is 0.642. The van der Waals surface area contributed by atoms with Crippen LogP contribution < -0.4 is 5.32 Å². The van der Waals surface area contributed by atoms with Gasteiger partial charge >= 0.3 is 0 Å². The van der Waals surface area contributed by atoms with E-state index in [2.05, 4.69) is 43.4 Å². The third kappa shape index (κ3) is 4.32. The van der Waals surface area contributed by atoms with Crippen LogP contribution in [0.3, 0.4) is 0 Å². The first kappa shape index (κ1) is 14.5. The van der Waals surface area contributed by atoms with Crippen LogP contribution in [0.5, 0.6) is 0 Å². The van der Waals surface area contributed by atoms with Crippen molar-refractivity contribution < 1.29 is 5.11 Å². The molecule has 0 amide bonds. The van der Waals surface area contributed by atoms with Crippen molar-refractivity contribution in [3.05, 3.63) is 35.4 Å². The molecule has 0 radical (unpaired) electrons. The zero-order chi connectivity index (χ0) is 13.7. The Morgan fingerprint density at radius 2 is 2.00 bits per heavy atom. The van der Waals surface area contributed by atoms with Crippen LogP contribution in [0, 0.1) is 12.8 Å². The second-order valence-electron chi connectivity index (χ2n) is 5.97. The molecule has 1 aromatic rings. The third-order valence-electron chi connectivity index (χ3n) is 4.30. The number of aliphatic hydroxyl groups is 1. The first-order valence-electron chi connectivity index (χ1n) is 7.67. The van der Waals surface area contributed by atoms with Gasteiger partial charge in [0, 0.05) is 6.04 Å². The molecule has 3 atom stereocenters. The summed E-state index contributed by atoms with van der Waals surface area (Å²) in [6.45, 7) is 5.39. The fourth-order valence-electron chi connectivity index (χ4n) is 3.05. The van der Waals surface area contributed by atoms with Crippen LogP contribution in [0.15, 0.2) is 24.3 Å². The normalized spacial score (nSPS) is 25.2. The number of aryl methyl sites for hydroxylation is 1. The Morgan fingerprint density at radius 1 is 1.26 bits per heavy atom. The van der Waals surface area contributed by atoms with Crippen LogP contribution in [0.2, 0.25) is 0 Å². The van der Waals surface area contributed by atoms with E-state index in [1.54, 1.807) is 0 Å². The Kier molecular flexibility index (Phi) is 5.41. The smallest absolute Gasteiger partial charge is 0.0543 e. The predicted octanol–water partition coefficient (Wildman–Crippen LogP) is 3.59. The number of hydrogen-bond donors (Lipinski definition) is 2. The van der Waals surface area contributed by atoms with Gasteiger partial charge in [0.05, 0.1) is 6.10 Å². The maximum atomic E-state index is 9.72. The molecule has 2 nitrogen and oxygen atoms in total. The van der Waals surface area contributed by atoms with E-state index in [1.165, 1.54) is 24.0 Å². The molecule has 2 heteroatoms. The molecular formula is C17H27NO. The number of rotatable bonds is 5. The van der Waals surface area contributed by atoms with E-state index in [0.29, 0.717) is 12.0 Å². The minimum absolute atomic E-state index is 0.0694. The highest BCUT2D eigenvalue weighted by atomic mass is 16.3. The van der Waals surface area contributed by atoms with Crippen molar-refractivity contribution >= 4 is 0 Å². The second kappa shape index (κ2) is 7.06. The highest BCUT2D eigenvalue weighted by Crippen LogP contribution is 2.25. The Hall–Kier alpha value is -0.860. The molecule has 1 aliphatic rings. The summed E-state index contributed by atoms with van der Waals surface area (Å²) < 4.78 is 0. The molecule has 0 aliphatic heterocycles. The molecule has 1 aliphatic carbocycles. The number of benzene rings is 1. The van der Waals surface area contributed by atoms with Gasteiger partial charge in [0.15, 0.2) is 0 Å². The maximum absolute atomic E-state index is 9.72. The lowest BCUT2D eigenvalue weighted by molar-refractivity contribution is 0.0995. The van der Waals surface area contributed by atoms with E-state index in [0.717, 1.165) is 25.8 Å². The van der Waals surface area contributed by atoms with Gasteiger partial charge in [0.2, 0.25) is 0 Å². The van der Waals surface area contributed by atoms with Crippen LogP contribution in [0.4, 0.5) is 0 Å². The van der Waals surface area contributed by atoms with E-state index in [1.807, 2.05) is 0 Å². The Bertz CT molecular complexity index is 373. The van der Waals surface area contributed by atoms with Crippen LogP contribution in [-0.2, 0) is 0 Å². The Balaban J connectivity index is 1.87. The van der Waals surface area contributed by atoms with E-state index in [-0.39, 0.29) is 6.10 Å². The Labute approximate surface area is 117 Å². The topological polar surface area (TPSA) is 32.3 Å². The largest absolute Gasteiger partial charge is 0.393 e. The highest BCUT2D eigenvalue weighted by molar-refractivity contribution is 5.24. The molecular weight excluding hydrogens is 234 g/mol. The highest BCUT2D eigenvalue weighted by Gasteiger charge is 2.20. The lowest BCUT2D eigenvalue weighted by Gasteiger charge is -2.28. The number of aliphatic hydroxyl groups excluding tert-OH is 1. The molecule has 1 saturated carbocycles. The van der Waals surface area contributed by atoms with Crippen LogP contribution >= 0.6 is 0 Å². The standard InChI is InChI=1S/C17H27NO/c1-3-17(15-9-7-13(2)8-10-15)18-12-14-5-4-6-16(19)11-14/h7-10,14,16-19H,3-6,11-12H2,1-2H3. The van der Waals surface area contributed by atoms with Gasteiger partial charge in [-0.05, 0) is 50.6 Å². The molecule has 0 saturated heterocycles. The molecule has 19 heavy (non-hydrogen) atoms. The molecule has 106 valence electrons. The fourth-order valence-corrected chi connectivity index (χ4v) is 3.05. The number of nitrogens with one attached hydrogen (secondary N) is 1. The summed E-state index contributed by atoms with van der Waals surface area (Å²) in [4.78, 5) is 0. The molecule has 1 aromatic carbocycles. The van der Waals surface area contributed by atoms with Gasteiger partial charge in [-0.2, -0.15) is 0 Å². The predicted molar refractivity (Wildman–Crippen MR) is 80.2 cm³/mol. The van der Waals surface area contributed by atoms with E-state index in [9.17, 15) is 5.11 Å². The van der Waals surface area contributed by atoms with E-state index < -0.39 is 0 Å². The maximum Gasteiger partial charge on any atom is 0.0543 e. The van der Waals surface area contributed by atoms with Crippen molar-refractivity contribution in [1.29, 1.82) is 0 Å². The lowest BCUT2D eigenvalue weighted by atomic mass is 9.87. The van der Waals surface area contributed by atoms with Crippen molar-refractivity contribution in [2.24, 2.45) is 5.92 Å². The summed E-state index contributed by atoms with van der Waals surface area (Å²) >= 11 is 0. The SMILES string of the molecule is CCC(NCC1CCCC(O)C1)c1ccc(C)cc1. The van der Waals surface area contributed by atoms with E-state index >= 15 is 0 Å². The first-order valence-corrected chi connectivity index (χ1v) is 7.67. The molecule has 0 bridgehead atoms. The molecule has 2 rings (SSSR count). The molecule has 2 N–H and O–H groups in total. The Morgan fingerprint density at radius 3 is 2.63 bits per heavy atom. The van der Waals surface area contributed by atoms with Crippen molar-refractivity contribution in [2.45, 2.75) is 58.1 Å². The lowest BCUT2D eigenvalue weighted by Crippen LogP contribution is -2.31. The van der Waals surface area contributed by atoms with Crippen LogP contribution in [-0.4, -0.2) is 17.8 Å². The van der Waals surface area contributed by atoms with Gasteiger partial charge in [0.1, 0.15) is 0 Å². The summed E-state index contributed by atoms with van der Waals surface area (Å²) in [5, 5.41) is 13.4. The number of hydrogen-bond acceptors (Lipinski definition) is 2. The van der Waals surface area contributed by atoms with Gasteiger partial charge in [-0.15, -0.1) is 0 Å². The van der Waals surface area contributed by atoms with Crippen molar-refractivity contribution in [3.8, 4) is 0 Å². The minimum Gasteiger partial charge on any atom is -0.393 e. The van der Waals surface area contributed by atoms with Gasteiger partial charge in [-0.3, -0.25) is 0 Å². The third-order valence-corrected chi connectivity index (χ3v) is 4.30. The second-order valence-corrected chi connectivity index (χ2v) is 5.97. The summed E-state index contributed by atoms with van der Waals surface area (Å²) in [6, 6.07) is 9.27. The quantitative estimate of drug-likeness (QED) is 0.849. The monoisotopic (exact) mass is 261 g/mol.